The molecule has 0 radical (unpaired) electrons. The van der Waals surface area contributed by atoms with Gasteiger partial charge in [0.25, 0.3) is 0 Å². The summed E-state index contributed by atoms with van der Waals surface area (Å²) in [7, 11) is 0. The first-order valence-corrected chi connectivity index (χ1v) is 7.85. The third-order valence-corrected chi connectivity index (χ3v) is 4.37. The summed E-state index contributed by atoms with van der Waals surface area (Å²) in [6.07, 6.45) is 2.10. The molecule has 21 heavy (non-hydrogen) atoms. The largest absolute Gasteiger partial charge is 0.396 e. The first kappa shape index (κ1) is 16.0. The minimum Gasteiger partial charge on any atom is -0.396 e. The van der Waals surface area contributed by atoms with Crippen molar-refractivity contribution in [1.29, 1.82) is 0 Å². The number of aliphatic hydroxyl groups is 1. The molecule has 4 heteroatoms. The molecule has 1 aromatic carbocycles. The van der Waals surface area contributed by atoms with Crippen molar-refractivity contribution in [2.24, 2.45) is 5.92 Å². The molecule has 1 heterocycles. The van der Waals surface area contributed by atoms with Gasteiger partial charge in [-0.25, -0.2) is 0 Å². The highest BCUT2D eigenvalue weighted by atomic mass is 16.3. The van der Waals surface area contributed by atoms with E-state index in [9.17, 15) is 4.79 Å². The molecular weight excluding hydrogens is 264 g/mol. The van der Waals surface area contributed by atoms with Gasteiger partial charge in [0.2, 0.25) is 5.91 Å². The number of rotatable bonds is 6. The average molecular weight is 290 g/mol. The fourth-order valence-corrected chi connectivity index (χ4v) is 2.74. The lowest BCUT2D eigenvalue weighted by Gasteiger charge is -2.15. The maximum absolute atomic E-state index is 12.0. The van der Waals surface area contributed by atoms with Crippen molar-refractivity contribution in [1.82, 2.24) is 4.90 Å². The second kappa shape index (κ2) is 7.57. The number of hydrogen-bond acceptors (Lipinski definition) is 3. The second-order valence-corrected chi connectivity index (χ2v) is 6.05. The van der Waals surface area contributed by atoms with Gasteiger partial charge < -0.3 is 10.4 Å². The molecule has 2 rings (SSSR count). The van der Waals surface area contributed by atoms with Gasteiger partial charge in [-0.1, -0.05) is 26.0 Å². The topological polar surface area (TPSA) is 52.6 Å². The molecule has 1 aliphatic rings. The highest BCUT2D eigenvalue weighted by Crippen LogP contribution is 2.20. The zero-order valence-corrected chi connectivity index (χ0v) is 13.0. The summed E-state index contributed by atoms with van der Waals surface area (Å²) in [6.45, 7) is 6.72. The number of likely N-dealkylation sites (tertiary alicyclic amines) is 1. The van der Waals surface area contributed by atoms with Crippen LogP contribution in [0.4, 0.5) is 5.69 Å². The summed E-state index contributed by atoms with van der Waals surface area (Å²) in [4.78, 5) is 14.1. The number of hydrogen-bond donors (Lipinski definition) is 2. The van der Waals surface area contributed by atoms with Gasteiger partial charge in [0.1, 0.15) is 0 Å². The smallest absolute Gasteiger partial charge is 0.238 e. The number of carbonyl (C=O) groups excluding carboxylic acids is 1. The summed E-state index contributed by atoms with van der Waals surface area (Å²) in [5, 5.41) is 12.1. The molecular formula is C17H26N2O2. The Labute approximate surface area is 127 Å². The maximum Gasteiger partial charge on any atom is 0.238 e. The lowest BCUT2D eigenvalue weighted by Crippen LogP contribution is -2.31. The molecule has 0 saturated carbocycles. The molecule has 2 atom stereocenters. The number of nitrogens with zero attached hydrogens (tertiary/aromatic N) is 1. The van der Waals surface area contributed by atoms with Gasteiger partial charge in [0.15, 0.2) is 0 Å². The molecule has 1 saturated heterocycles. The zero-order valence-electron chi connectivity index (χ0n) is 13.0. The lowest BCUT2D eigenvalue weighted by atomic mass is 9.99. The molecule has 0 bridgehead atoms. The van der Waals surface area contributed by atoms with Crippen molar-refractivity contribution in [3.63, 3.8) is 0 Å². The summed E-state index contributed by atoms with van der Waals surface area (Å²) in [5.74, 6) is 0.896. The molecule has 1 amide bonds. The van der Waals surface area contributed by atoms with Crippen molar-refractivity contribution < 1.29 is 9.90 Å². The predicted octanol–water partition coefficient (Wildman–Crippen LogP) is 2.45. The highest BCUT2D eigenvalue weighted by Gasteiger charge is 2.23. The molecule has 4 nitrogen and oxygen atoms in total. The summed E-state index contributed by atoms with van der Waals surface area (Å²) < 4.78 is 0. The number of aliphatic hydroxyl groups excluding tert-OH is 1. The fraction of sp³-hybridized carbons (Fsp3) is 0.588. The van der Waals surface area contributed by atoms with Gasteiger partial charge in [-0.3, -0.25) is 9.69 Å². The predicted molar refractivity (Wildman–Crippen MR) is 85.4 cm³/mol. The van der Waals surface area contributed by atoms with E-state index in [4.69, 9.17) is 5.11 Å². The fourth-order valence-electron chi connectivity index (χ4n) is 2.74. The number of nitrogens with one attached hydrogen (secondary N) is 1. The summed E-state index contributed by atoms with van der Waals surface area (Å²) >= 11 is 0. The van der Waals surface area contributed by atoms with Crippen LogP contribution in [0.3, 0.4) is 0 Å². The van der Waals surface area contributed by atoms with E-state index in [1.54, 1.807) is 0 Å². The van der Waals surface area contributed by atoms with Crippen LogP contribution < -0.4 is 5.32 Å². The summed E-state index contributed by atoms with van der Waals surface area (Å²) in [6, 6.07) is 8.11. The van der Waals surface area contributed by atoms with Crippen molar-refractivity contribution in [2.45, 2.75) is 32.6 Å². The van der Waals surface area contributed by atoms with E-state index >= 15 is 0 Å². The quantitative estimate of drug-likeness (QED) is 0.846. The molecule has 2 unspecified atom stereocenters. The number of carbonyl (C=O) groups is 1. The first-order valence-electron chi connectivity index (χ1n) is 7.85. The van der Waals surface area contributed by atoms with Crippen molar-refractivity contribution in [3.05, 3.63) is 29.8 Å². The lowest BCUT2D eigenvalue weighted by molar-refractivity contribution is -0.117. The molecule has 1 aliphatic heterocycles. The monoisotopic (exact) mass is 290 g/mol. The SMILES string of the molecule is CCC(C)c1ccc(NC(=O)CN2CCC(CO)C2)cc1. The van der Waals surface area contributed by atoms with E-state index in [-0.39, 0.29) is 12.5 Å². The third kappa shape index (κ3) is 4.55. The molecule has 0 aliphatic carbocycles. The maximum atomic E-state index is 12.0. The van der Waals surface area contributed by atoms with Crippen LogP contribution in [0.1, 0.15) is 38.2 Å². The van der Waals surface area contributed by atoms with Crippen LogP contribution in [0.15, 0.2) is 24.3 Å². The summed E-state index contributed by atoms with van der Waals surface area (Å²) in [5.41, 5.74) is 2.16. The standard InChI is InChI=1S/C17H26N2O2/c1-3-13(2)15-4-6-16(7-5-15)18-17(21)11-19-9-8-14(10-19)12-20/h4-7,13-14,20H,3,8-12H2,1-2H3,(H,18,21). The second-order valence-electron chi connectivity index (χ2n) is 6.05. The molecule has 0 aromatic heterocycles. The van der Waals surface area contributed by atoms with E-state index in [0.717, 1.165) is 31.6 Å². The normalized spacial score (nSPS) is 20.4. The van der Waals surface area contributed by atoms with Gasteiger partial charge in [0, 0.05) is 18.8 Å². The Bertz CT molecular complexity index is 458. The zero-order chi connectivity index (χ0) is 15.2. The molecule has 1 fully saturated rings. The van der Waals surface area contributed by atoms with Crippen LogP contribution in [-0.4, -0.2) is 42.2 Å². The molecule has 0 spiro atoms. The average Bonchev–Trinajstić information content (AvgIpc) is 2.94. The Morgan fingerprint density at radius 1 is 1.43 bits per heavy atom. The highest BCUT2D eigenvalue weighted by molar-refractivity contribution is 5.92. The van der Waals surface area contributed by atoms with Crippen LogP contribution in [0, 0.1) is 5.92 Å². The van der Waals surface area contributed by atoms with Crippen LogP contribution >= 0.6 is 0 Å². The van der Waals surface area contributed by atoms with Gasteiger partial charge in [-0.05, 0) is 48.9 Å². The van der Waals surface area contributed by atoms with E-state index in [2.05, 4.69) is 36.2 Å². The minimum absolute atomic E-state index is 0.0184. The van der Waals surface area contributed by atoms with Gasteiger partial charge in [-0.2, -0.15) is 0 Å². The Balaban J connectivity index is 1.82. The van der Waals surface area contributed by atoms with Crippen LogP contribution in [0.5, 0.6) is 0 Å². The van der Waals surface area contributed by atoms with Gasteiger partial charge in [0.05, 0.1) is 6.54 Å². The van der Waals surface area contributed by atoms with E-state index in [1.165, 1.54) is 5.56 Å². The van der Waals surface area contributed by atoms with E-state index in [0.29, 0.717) is 18.4 Å². The van der Waals surface area contributed by atoms with E-state index < -0.39 is 0 Å². The third-order valence-electron chi connectivity index (χ3n) is 4.37. The number of benzene rings is 1. The number of anilines is 1. The molecule has 116 valence electrons. The Morgan fingerprint density at radius 3 is 2.71 bits per heavy atom. The van der Waals surface area contributed by atoms with Crippen LogP contribution in [0.2, 0.25) is 0 Å². The Hall–Kier alpha value is -1.39. The van der Waals surface area contributed by atoms with Crippen molar-refractivity contribution >= 4 is 11.6 Å². The van der Waals surface area contributed by atoms with Crippen LogP contribution in [0.25, 0.3) is 0 Å². The van der Waals surface area contributed by atoms with Gasteiger partial charge >= 0.3 is 0 Å². The van der Waals surface area contributed by atoms with Gasteiger partial charge in [-0.15, -0.1) is 0 Å². The molecule has 2 N–H and O–H groups in total. The Morgan fingerprint density at radius 2 is 2.14 bits per heavy atom. The van der Waals surface area contributed by atoms with E-state index in [1.807, 2.05) is 12.1 Å². The molecule has 1 aromatic rings. The van der Waals surface area contributed by atoms with Crippen molar-refractivity contribution in [3.8, 4) is 0 Å². The van der Waals surface area contributed by atoms with Crippen molar-refractivity contribution in [2.75, 3.05) is 31.6 Å². The number of amides is 1. The van der Waals surface area contributed by atoms with Crippen LogP contribution in [-0.2, 0) is 4.79 Å². The minimum atomic E-state index is 0.0184. The first-order chi connectivity index (χ1) is 10.1. The Kier molecular flexibility index (Phi) is 5.76.